The highest BCUT2D eigenvalue weighted by atomic mass is 35.5. The van der Waals surface area contributed by atoms with Gasteiger partial charge in [0.05, 0.1) is 5.92 Å². The molecule has 6 nitrogen and oxygen atoms in total. The average molecular weight is 340 g/mol. The molecule has 4 N–H and O–H groups in total. The fraction of sp³-hybridized carbons (Fsp3) is 0.438. The van der Waals surface area contributed by atoms with Gasteiger partial charge in [0, 0.05) is 12.1 Å². The van der Waals surface area contributed by atoms with E-state index in [2.05, 4.69) is 5.32 Å². The van der Waals surface area contributed by atoms with Gasteiger partial charge in [-0.3, -0.25) is 15.0 Å². The molecule has 1 aromatic carbocycles. The Balaban J connectivity index is 0.00000264. The fourth-order valence-electron chi connectivity index (χ4n) is 2.67. The number of nitrogens with two attached hydrogens (primary N) is 1. The second-order valence-corrected chi connectivity index (χ2v) is 5.62. The van der Waals surface area contributed by atoms with E-state index in [1.54, 1.807) is 24.3 Å². The second-order valence-electron chi connectivity index (χ2n) is 5.62. The molecule has 0 bridgehead atoms. The van der Waals surface area contributed by atoms with Gasteiger partial charge in [-0.05, 0) is 55.9 Å². The van der Waals surface area contributed by atoms with Crippen LogP contribution in [0.1, 0.15) is 36.0 Å². The van der Waals surface area contributed by atoms with E-state index in [1.807, 2.05) is 0 Å². The molecule has 1 fully saturated rings. The van der Waals surface area contributed by atoms with Crippen molar-refractivity contribution in [2.24, 2.45) is 17.6 Å². The van der Waals surface area contributed by atoms with Crippen LogP contribution < -0.4 is 15.8 Å². The number of hydrogen-bond donors (Lipinski definition) is 3. The molecule has 0 atom stereocenters. The van der Waals surface area contributed by atoms with Crippen molar-refractivity contribution < 1.29 is 14.3 Å². The maximum Gasteiger partial charge on any atom is 0.314 e. The third-order valence-electron chi connectivity index (χ3n) is 4.00. The number of rotatable bonds is 5. The monoisotopic (exact) mass is 339 g/mol. The maximum atomic E-state index is 12.1. The van der Waals surface area contributed by atoms with E-state index in [9.17, 15) is 9.59 Å². The molecule has 0 radical (unpaired) electrons. The first-order valence-electron chi connectivity index (χ1n) is 7.43. The third kappa shape index (κ3) is 5.90. The van der Waals surface area contributed by atoms with Gasteiger partial charge in [-0.1, -0.05) is 0 Å². The fourth-order valence-corrected chi connectivity index (χ4v) is 2.67. The molecule has 2 rings (SSSR count). The molecule has 0 aromatic heterocycles. The minimum atomic E-state index is -0.211. The van der Waals surface area contributed by atoms with Crippen molar-refractivity contribution in [1.82, 2.24) is 5.32 Å². The molecule has 1 aromatic rings. The first-order valence-corrected chi connectivity index (χ1v) is 7.43. The summed E-state index contributed by atoms with van der Waals surface area (Å²) in [5, 5.41) is 9.97. The first-order chi connectivity index (χ1) is 10.6. The smallest absolute Gasteiger partial charge is 0.314 e. The third-order valence-corrected chi connectivity index (χ3v) is 4.00. The van der Waals surface area contributed by atoms with E-state index in [4.69, 9.17) is 15.9 Å². The summed E-state index contributed by atoms with van der Waals surface area (Å²) in [5.41, 5.74) is 5.82. The van der Waals surface area contributed by atoms with Crippen molar-refractivity contribution >= 4 is 30.6 Å². The Labute approximate surface area is 141 Å². The Morgan fingerprint density at radius 3 is 2.39 bits per heavy atom. The van der Waals surface area contributed by atoms with Crippen LogP contribution in [0.15, 0.2) is 24.3 Å². The van der Waals surface area contributed by atoms with Crippen LogP contribution in [0, 0.1) is 17.2 Å². The van der Waals surface area contributed by atoms with Crippen LogP contribution in [0.4, 0.5) is 0 Å². The Kier molecular flexibility index (Phi) is 7.54. The summed E-state index contributed by atoms with van der Waals surface area (Å²) in [6.45, 7) is 0.685. The first kappa shape index (κ1) is 19.0. The van der Waals surface area contributed by atoms with Crippen molar-refractivity contribution in [2.45, 2.75) is 25.7 Å². The molecular formula is C16H22ClN3O3. The summed E-state index contributed by atoms with van der Waals surface area (Å²) in [4.78, 5) is 22.7. The van der Waals surface area contributed by atoms with Crippen LogP contribution in [0.25, 0.3) is 0 Å². The SMILES string of the molecule is Cl.N=C(N)NC[C@H]1CC[C@H](C(=O)Oc2ccc(C=O)cc2)CC1. The summed E-state index contributed by atoms with van der Waals surface area (Å²) in [6.07, 6.45) is 4.17. The van der Waals surface area contributed by atoms with Gasteiger partial charge < -0.3 is 15.8 Å². The average Bonchev–Trinajstić information content (AvgIpc) is 2.54. The van der Waals surface area contributed by atoms with E-state index in [0.717, 1.165) is 32.0 Å². The lowest BCUT2D eigenvalue weighted by Crippen LogP contribution is -2.36. The van der Waals surface area contributed by atoms with Crippen molar-refractivity contribution in [3.05, 3.63) is 29.8 Å². The van der Waals surface area contributed by atoms with E-state index >= 15 is 0 Å². The van der Waals surface area contributed by atoms with Crippen molar-refractivity contribution in [1.29, 1.82) is 5.41 Å². The summed E-state index contributed by atoms with van der Waals surface area (Å²) in [7, 11) is 0. The van der Waals surface area contributed by atoms with E-state index in [0.29, 0.717) is 23.8 Å². The molecule has 0 unspecified atom stereocenters. The molecule has 0 saturated heterocycles. The number of ether oxygens (including phenoxy) is 1. The molecular weight excluding hydrogens is 318 g/mol. The van der Waals surface area contributed by atoms with Gasteiger partial charge in [0.15, 0.2) is 5.96 Å². The number of aldehydes is 1. The molecule has 23 heavy (non-hydrogen) atoms. The zero-order valence-corrected chi connectivity index (χ0v) is 13.6. The van der Waals surface area contributed by atoms with Crippen LogP contribution in [-0.4, -0.2) is 24.8 Å². The van der Waals surface area contributed by atoms with Crippen LogP contribution in [0.3, 0.4) is 0 Å². The minimum Gasteiger partial charge on any atom is -0.426 e. The summed E-state index contributed by atoms with van der Waals surface area (Å²) in [5.74, 6) is 0.604. The van der Waals surface area contributed by atoms with Gasteiger partial charge in [0.1, 0.15) is 12.0 Å². The van der Waals surface area contributed by atoms with Gasteiger partial charge in [0.2, 0.25) is 0 Å². The molecule has 1 aliphatic rings. The summed E-state index contributed by atoms with van der Waals surface area (Å²) in [6, 6.07) is 6.51. The van der Waals surface area contributed by atoms with Crippen molar-refractivity contribution in [3.8, 4) is 5.75 Å². The lowest BCUT2D eigenvalue weighted by Gasteiger charge is -2.27. The molecule has 0 aliphatic heterocycles. The van der Waals surface area contributed by atoms with Gasteiger partial charge in [-0.25, -0.2) is 0 Å². The van der Waals surface area contributed by atoms with E-state index < -0.39 is 0 Å². The maximum absolute atomic E-state index is 12.1. The van der Waals surface area contributed by atoms with E-state index in [-0.39, 0.29) is 30.3 Å². The largest absolute Gasteiger partial charge is 0.426 e. The summed E-state index contributed by atoms with van der Waals surface area (Å²) < 4.78 is 5.36. The molecule has 0 heterocycles. The Bertz CT molecular complexity index is 540. The molecule has 126 valence electrons. The number of benzene rings is 1. The van der Waals surface area contributed by atoms with Gasteiger partial charge in [-0.2, -0.15) is 0 Å². The predicted octanol–water partition coefficient (Wildman–Crippen LogP) is 2.12. The number of halogens is 1. The summed E-state index contributed by atoms with van der Waals surface area (Å²) >= 11 is 0. The molecule has 0 spiro atoms. The lowest BCUT2D eigenvalue weighted by atomic mass is 9.82. The highest BCUT2D eigenvalue weighted by Gasteiger charge is 2.27. The second kappa shape index (κ2) is 9.15. The van der Waals surface area contributed by atoms with Gasteiger partial charge in [-0.15, -0.1) is 12.4 Å². The quantitative estimate of drug-likeness (QED) is 0.250. The molecule has 0 amide bonds. The normalized spacial score (nSPS) is 20.0. The van der Waals surface area contributed by atoms with Crippen molar-refractivity contribution in [2.75, 3.05) is 6.54 Å². The zero-order chi connectivity index (χ0) is 15.9. The van der Waals surface area contributed by atoms with Crippen LogP contribution in [0.2, 0.25) is 0 Å². The molecule has 1 aliphatic carbocycles. The van der Waals surface area contributed by atoms with Gasteiger partial charge in [0.25, 0.3) is 0 Å². The Morgan fingerprint density at radius 2 is 1.87 bits per heavy atom. The highest BCUT2D eigenvalue weighted by Crippen LogP contribution is 2.29. The standard InChI is InChI=1S/C16H21N3O3.ClH/c17-16(18)19-9-11-1-5-13(6-2-11)15(21)22-14-7-3-12(10-20)4-8-14;/h3-4,7-8,10-11,13H,1-2,5-6,9H2,(H4,17,18,19);1H/t11-,13-;. The van der Waals surface area contributed by atoms with Gasteiger partial charge >= 0.3 is 5.97 Å². The van der Waals surface area contributed by atoms with Crippen LogP contribution >= 0.6 is 12.4 Å². The van der Waals surface area contributed by atoms with Crippen LogP contribution in [-0.2, 0) is 4.79 Å². The Morgan fingerprint density at radius 1 is 1.26 bits per heavy atom. The molecule has 1 saturated carbocycles. The number of nitrogens with one attached hydrogen (secondary N) is 2. The minimum absolute atomic E-state index is 0. The van der Waals surface area contributed by atoms with Crippen molar-refractivity contribution in [3.63, 3.8) is 0 Å². The number of esters is 1. The number of guanidine groups is 1. The zero-order valence-electron chi connectivity index (χ0n) is 12.8. The topological polar surface area (TPSA) is 105 Å². The molecule has 7 heteroatoms. The number of carbonyl (C=O) groups excluding carboxylic acids is 2. The lowest BCUT2D eigenvalue weighted by molar-refractivity contribution is -0.140. The number of carbonyl (C=O) groups is 2. The highest BCUT2D eigenvalue weighted by molar-refractivity contribution is 5.85. The van der Waals surface area contributed by atoms with E-state index in [1.165, 1.54) is 0 Å². The Hall–Kier alpha value is -2.08. The predicted molar refractivity (Wildman–Crippen MR) is 90.1 cm³/mol. The number of hydrogen-bond acceptors (Lipinski definition) is 4. The van der Waals surface area contributed by atoms with Crippen LogP contribution in [0.5, 0.6) is 5.75 Å².